The Morgan fingerprint density at radius 1 is 1.20 bits per heavy atom. The highest BCUT2D eigenvalue weighted by atomic mass is 35.5. The fourth-order valence-electron chi connectivity index (χ4n) is 2.17. The number of nitrogens with zero attached hydrogens (tertiary/aromatic N) is 2. The summed E-state index contributed by atoms with van der Waals surface area (Å²) < 4.78 is 0. The number of anilines is 1. The van der Waals surface area contributed by atoms with Crippen LogP contribution >= 0.6 is 22.9 Å². The smallest absolute Gasteiger partial charge is 0.224 e. The van der Waals surface area contributed by atoms with Crippen LogP contribution in [0.25, 0.3) is 10.9 Å². The molecule has 1 atom stereocenters. The maximum atomic E-state index is 5.99. The van der Waals surface area contributed by atoms with Gasteiger partial charge in [-0.1, -0.05) is 18.2 Å². The second-order valence-electron chi connectivity index (χ2n) is 4.69. The zero-order valence-corrected chi connectivity index (χ0v) is 12.6. The van der Waals surface area contributed by atoms with Gasteiger partial charge in [-0.15, -0.1) is 11.3 Å². The Balaban J connectivity index is 1.86. The predicted molar refractivity (Wildman–Crippen MR) is 85.7 cm³/mol. The molecule has 0 aliphatic rings. The van der Waals surface area contributed by atoms with Crippen LogP contribution in [0, 0.1) is 0 Å². The van der Waals surface area contributed by atoms with Crippen LogP contribution in [0.2, 0.25) is 5.28 Å². The Kier molecular flexibility index (Phi) is 3.85. The third-order valence-corrected chi connectivity index (χ3v) is 4.11. The number of para-hydroxylation sites is 1. The standard InChI is InChI=1S/C15H14ClN3S/c1-10(9-11-5-4-8-20-11)17-14-12-6-2-3-7-13(12)18-15(16)19-14/h2-8,10H,9H2,1H3,(H,17,18,19). The van der Waals surface area contributed by atoms with Crippen molar-refractivity contribution in [3.63, 3.8) is 0 Å². The summed E-state index contributed by atoms with van der Waals surface area (Å²) in [6.07, 6.45) is 0.966. The zero-order valence-electron chi connectivity index (χ0n) is 11.0. The fraction of sp³-hybridized carbons (Fsp3) is 0.200. The summed E-state index contributed by atoms with van der Waals surface area (Å²) in [7, 11) is 0. The first-order valence-electron chi connectivity index (χ1n) is 6.43. The molecule has 0 amide bonds. The van der Waals surface area contributed by atoms with Gasteiger partial charge in [0, 0.05) is 22.7 Å². The SMILES string of the molecule is CC(Cc1cccs1)Nc1nc(Cl)nc2ccccc12. The van der Waals surface area contributed by atoms with E-state index in [1.165, 1.54) is 4.88 Å². The average molecular weight is 304 g/mol. The van der Waals surface area contributed by atoms with Gasteiger partial charge in [0.2, 0.25) is 5.28 Å². The van der Waals surface area contributed by atoms with Crippen LogP contribution in [0.4, 0.5) is 5.82 Å². The van der Waals surface area contributed by atoms with Crippen LogP contribution in [0.5, 0.6) is 0 Å². The number of hydrogen-bond acceptors (Lipinski definition) is 4. The Morgan fingerprint density at radius 2 is 2.05 bits per heavy atom. The summed E-state index contributed by atoms with van der Waals surface area (Å²) in [5, 5.41) is 6.80. The second kappa shape index (κ2) is 5.77. The molecule has 2 heterocycles. The number of halogens is 1. The van der Waals surface area contributed by atoms with Gasteiger partial charge in [-0.25, -0.2) is 9.97 Å². The van der Waals surface area contributed by atoms with E-state index in [0.717, 1.165) is 23.1 Å². The minimum Gasteiger partial charge on any atom is -0.367 e. The Labute approximate surface area is 126 Å². The van der Waals surface area contributed by atoms with Crippen LogP contribution in [0.15, 0.2) is 41.8 Å². The van der Waals surface area contributed by atoms with Crippen LogP contribution < -0.4 is 5.32 Å². The van der Waals surface area contributed by atoms with Gasteiger partial charge in [0.25, 0.3) is 0 Å². The van der Waals surface area contributed by atoms with Gasteiger partial charge in [0.15, 0.2) is 0 Å². The lowest BCUT2D eigenvalue weighted by molar-refractivity contribution is 0.795. The highest BCUT2D eigenvalue weighted by Gasteiger charge is 2.10. The molecule has 3 aromatic rings. The number of rotatable bonds is 4. The third kappa shape index (κ3) is 2.92. The molecule has 102 valence electrons. The highest BCUT2D eigenvalue weighted by Crippen LogP contribution is 2.23. The maximum Gasteiger partial charge on any atom is 0.224 e. The second-order valence-corrected chi connectivity index (χ2v) is 6.06. The molecule has 0 radical (unpaired) electrons. The van der Waals surface area contributed by atoms with E-state index >= 15 is 0 Å². The maximum absolute atomic E-state index is 5.99. The van der Waals surface area contributed by atoms with Crippen molar-refractivity contribution in [1.82, 2.24) is 9.97 Å². The average Bonchev–Trinajstić information content (AvgIpc) is 2.91. The van der Waals surface area contributed by atoms with Gasteiger partial charge in [-0.2, -0.15) is 0 Å². The normalized spacial score (nSPS) is 12.5. The van der Waals surface area contributed by atoms with Crippen molar-refractivity contribution in [2.45, 2.75) is 19.4 Å². The molecule has 0 saturated heterocycles. The summed E-state index contributed by atoms with van der Waals surface area (Å²) in [6, 6.07) is 12.4. The predicted octanol–water partition coefficient (Wildman–Crippen LogP) is 4.39. The molecule has 3 nitrogen and oxygen atoms in total. The molecule has 0 spiro atoms. The molecule has 0 bridgehead atoms. The Bertz CT molecular complexity index is 712. The summed E-state index contributed by atoms with van der Waals surface area (Å²) in [6.45, 7) is 2.14. The van der Waals surface area contributed by atoms with E-state index in [1.807, 2.05) is 24.3 Å². The first-order valence-corrected chi connectivity index (χ1v) is 7.69. The summed E-state index contributed by atoms with van der Waals surface area (Å²) in [4.78, 5) is 9.91. The number of fused-ring (bicyclic) bond motifs is 1. The molecule has 0 aliphatic heterocycles. The first kappa shape index (κ1) is 13.3. The van der Waals surface area contributed by atoms with Crippen LogP contribution in [0.1, 0.15) is 11.8 Å². The lowest BCUT2D eigenvalue weighted by Crippen LogP contribution is -2.18. The number of nitrogens with one attached hydrogen (secondary N) is 1. The van der Waals surface area contributed by atoms with Crippen LogP contribution in [-0.2, 0) is 6.42 Å². The Hall–Kier alpha value is -1.65. The van der Waals surface area contributed by atoms with E-state index in [-0.39, 0.29) is 11.3 Å². The van der Waals surface area contributed by atoms with Gasteiger partial charge < -0.3 is 5.32 Å². The molecule has 1 aromatic carbocycles. The van der Waals surface area contributed by atoms with E-state index in [4.69, 9.17) is 11.6 Å². The monoisotopic (exact) mass is 303 g/mol. The minimum atomic E-state index is 0.273. The van der Waals surface area contributed by atoms with E-state index in [9.17, 15) is 0 Å². The van der Waals surface area contributed by atoms with Crippen LogP contribution in [0.3, 0.4) is 0 Å². The highest BCUT2D eigenvalue weighted by molar-refractivity contribution is 7.09. The molecule has 0 fully saturated rings. The van der Waals surface area contributed by atoms with Crippen LogP contribution in [-0.4, -0.2) is 16.0 Å². The summed E-state index contributed by atoms with van der Waals surface area (Å²) in [5.74, 6) is 0.796. The van der Waals surface area contributed by atoms with Crippen molar-refractivity contribution in [3.8, 4) is 0 Å². The van der Waals surface area contributed by atoms with E-state index in [1.54, 1.807) is 11.3 Å². The van der Waals surface area contributed by atoms with Gasteiger partial charge in [0.1, 0.15) is 5.82 Å². The largest absolute Gasteiger partial charge is 0.367 e. The molecule has 1 N–H and O–H groups in total. The quantitative estimate of drug-likeness (QED) is 0.726. The van der Waals surface area contributed by atoms with E-state index in [2.05, 4.69) is 39.7 Å². The molecule has 5 heteroatoms. The summed E-state index contributed by atoms with van der Waals surface area (Å²) in [5.41, 5.74) is 0.860. The molecule has 20 heavy (non-hydrogen) atoms. The molecule has 0 aliphatic carbocycles. The summed E-state index contributed by atoms with van der Waals surface area (Å²) >= 11 is 7.76. The minimum absolute atomic E-state index is 0.273. The van der Waals surface area contributed by atoms with E-state index < -0.39 is 0 Å². The van der Waals surface area contributed by atoms with Crippen molar-refractivity contribution in [2.75, 3.05) is 5.32 Å². The Morgan fingerprint density at radius 3 is 2.85 bits per heavy atom. The number of thiophene rings is 1. The van der Waals surface area contributed by atoms with Crippen molar-refractivity contribution in [2.24, 2.45) is 0 Å². The lowest BCUT2D eigenvalue weighted by atomic mass is 10.2. The topological polar surface area (TPSA) is 37.8 Å². The number of hydrogen-bond donors (Lipinski definition) is 1. The molecular formula is C15H14ClN3S. The number of benzene rings is 1. The third-order valence-electron chi connectivity index (χ3n) is 3.05. The lowest BCUT2D eigenvalue weighted by Gasteiger charge is -2.15. The van der Waals surface area contributed by atoms with Gasteiger partial charge in [0.05, 0.1) is 5.52 Å². The van der Waals surface area contributed by atoms with Gasteiger partial charge in [-0.05, 0) is 42.1 Å². The van der Waals surface area contributed by atoms with Crippen molar-refractivity contribution in [1.29, 1.82) is 0 Å². The zero-order chi connectivity index (χ0) is 13.9. The van der Waals surface area contributed by atoms with Crippen molar-refractivity contribution in [3.05, 3.63) is 51.9 Å². The van der Waals surface area contributed by atoms with Gasteiger partial charge in [-0.3, -0.25) is 0 Å². The molecule has 0 saturated carbocycles. The van der Waals surface area contributed by atoms with Crippen molar-refractivity contribution < 1.29 is 0 Å². The molecule has 1 unspecified atom stereocenters. The van der Waals surface area contributed by atoms with E-state index in [0.29, 0.717) is 0 Å². The fourth-order valence-corrected chi connectivity index (χ4v) is 3.18. The molecule has 3 rings (SSSR count). The molecule has 2 aromatic heterocycles. The first-order chi connectivity index (χ1) is 9.72. The van der Waals surface area contributed by atoms with Crippen molar-refractivity contribution >= 4 is 39.7 Å². The van der Waals surface area contributed by atoms with Gasteiger partial charge >= 0.3 is 0 Å². The number of aromatic nitrogens is 2. The molecular weight excluding hydrogens is 290 g/mol.